The first-order valence-electron chi connectivity index (χ1n) is 19.4. The Hall–Kier alpha value is -2.08. The molecule has 0 spiro atoms. The van der Waals surface area contributed by atoms with Crippen LogP contribution in [0, 0.1) is 13.8 Å². The van der Waals surface area contributed by atoms with Crippen molar-refractivity contribution >= 4 is 40.5 Å². The highest BCUT2D eigenvalue weighted by Crippen LogP contribution is 2.28. The van der Waals surface area contributed by atoms with Crippen LogP contribution in [0.2, 0.25) is 0 Å². The zero-order valence-electron chi connectivity index (χ0n) is 33.5. The molecule has 348 valence electrons. The van der Waals surface area contributed by atoms with Crippen molar-refractivity contribution in [3.63, 3.8) is 0 Å². The molecule has 0 saturated heterocycles. The second kappa shape index (κ2) is 25.3. The van der Waals surface area contributed by atoms with Crippen molar-refractivity contribution < 1.29 is 70.8 Å². The van der Waals surface area contributed by atoms with Crippen LogP contribution in [0.1, 0.15) is 116 Å². The fraction of sp³-hybridized carbons (Fsp3) is 0.700. The Morgan fingerprint density at radius 3 is 0.883 bits per heavy atom. The predicted octanol–water partition coefficient (Wildman–Crippen LogP) is 5.03. The van der Waals surface area contributed by atoms with E-state index in [-0.39, 0.29) is 24.6 Å². The molecule has 4 N–H and O–H groups in total. The standard InChI is InChI=1S/C13H18O4S.C12H16O4S.C7H14O4S.C6H12O4S.2CH4/c1-10-6-8-11(9-7-10)18(15,16)17-13-5-3-2-4-12(13)14;1-9-5-7-10(8-6-9)17(14,15)16-12-4-2-3-11(12)13;1-12(9,10)11-7-5-3-2-4-6(7)8;1-11(8,9)10-6-4-2-3-5(6)7;;/h6-9,12-14H,2-5H2,1H3;5-8,11-13H,2-4H2,1H3;6-8H,2-5H2,1H3;5-7H,2-4H2,1H3;2*1H4. The minimum Gasteiger partial charge on any atom is -0.390 e. The summed E-state index contributed by atoms with van der Waals surface area (Å²) in [4.78, 5) is 0.285. The third-order valence-electron chi connectivity index (χ3n) is 9.89. The fourth-order valence-corrected chi connectivity index (χ4v) is 10.3. The highest BCUT2D eigenvalue weighted by atomic mass is 32.2. The molecule has 2 aromatic rings. The van der Waals surface area contributed by atoms with Gasteiger partial charge >= 0.3 is 0 Å². The minimum atomic E-state index is -3.77. The number of aliphatic hydroxyl groups is 4. The summed E-state index contributed by atoms with van der Waals surface area (Å²) in [5.41, 5.74) is 1.98. The van der Waals surface area contributed by atoms with Crippen LogP contribution in [0.25, 0.3) is 0 Å². The van der Waals surface area contributed by atoms with Gasteiger partial charge in [-0.1, -0.05) is 75.9 Å². The van der Waals surface area contributed by atoms with Gasteiger partial charge in [0.05, 0.1) is 46.7 Å². The summed E-state index contributed by atoms with van der Waals surface area (Å²) in [5, 5.41) is 37.8. The largest absolute Gasteiger partial charge is 0.390 e. The molecule has 60 heavy (non-hydrogen) atoms. The van der Waals surface area contributed by atoms with Crippen molar-refractivity contribution in [2.45, 2.75) is 177 Å². The quantitative estimate of drug-likeness (QED) is 0.228. The van der Waals surface area contributed by atoms with Crippen molar-refractivity contribution in [2.24, 2.45) is 0 Å². The first kappa shape index (κ1) is 55.9. The summed E-state index contributed by atoms with van der Waals surface area (Å²) in [6.07, 6.45) is 7.46. The average Bonchev–Trinajstić information content (AvgIpc) is 3.72. The topological polar surface area (TPSA) is 254 Å². The smallest absolute Gasteiger partial charge is 0.297 e. The van der Waals surface area contributed by atoms with Crippen molar-refractivity contribution in [2.75, 3.05) is 12.5 Å². The lowest BCUT2D eigenvalue weighted by Gasteiger charge is -2.26. The maximum atomic E-state index is 12.0. The molecular formula is C40H68O16S4. The molecule has 0 aliphatic heterocycles. The van der Waals surface area contributed by atoms with E-state index in [0.717, 1.165) is 62.2 Å². The molecular weight excluding hydrogens is 865 g/mol. The van der Waals surface area contributed by atoms with E-state index < -0.39 is 89.3 Å². The van der Waals surface area contributed by atoms with E-state index in [9.17, 15) is 49.0 Å². The Bertz CT molecular complexity index is 1990. The van der Waals surface area contributed by atoms with E-state index in [0.29, 0.717) is 51.4 Å². The molecule has 6 rings (SSSR count). The summed E-state index contributed by atoms with van der Waals surface area (Å²) >= 11 is 0. The van der Waals surface area contributed by atoms with Crippen molar-refractivity contribution in [1.29, 1.82) is 0 Å². The molecule has 4 fully saturated rings. The van der Waals surface area contributed by atoms with E-state index in [4.69, 9.17) is 17.7 Å². The van der Waals surface area contributed by atoms with Crippen molar-refractivity contribution in [3.8, 4) is 0 Å². The molecule has 4 saturated carbocycles. The second-order valence-electron chi connectivity index (χ2n) is 15.2. The molecule has 16 nitrogen and oxygen atoms in total. The van der Waals surface area contributed by atoms with Crippen LogP contribution >= 0.6 is 0 Å². The van der Waals surface area contributed by atoms with Gasteiger partial charge in [0.1, 0.15) is 24.4 Å². The molecule has 2 aromatic carbocycles. The molecule has 8 unspecified atom stereocenters. The monoisotopic (exact) mass is 932 g/mol. The van der Waals surface area contributed by atoms with E-state index in [1.54, 1.807) is 24.3 Å². The van der Waals surface area contributed by atoms with Crippen molar-refractivity contribution in [1.82, 2.24) is 0 Å². The van der Waals surface area contributed by atoms with Gasteiger partial charge in [-0.25, -0.2) is 0 Å². The van der Waals surface area contributed by atoms with E-state index >= 15 is 0 Å². The van der Waals surface area contributed by atoms with Crippen molar-refractivity contribution in [3.05, 3.63) is 59.7 Å². The maximum absolute atomic E-state index is 12.0. The molecule has 0 aromatic heterocycles. The number of benzene rings is 2. The first-order chi connectivity index (χ1) is 27.0. The Labute approximate surface area is 359 Å². The van der Waals surface area contributed by atoms with Crippen LogP contribution in [0.5, 0.6) is 0 Å². The van der Waals surface area contributed by atoms with Gasteiger partial charge in [-0.05, 0) is 102 Å². The van der Waals surface area contributed by atoms with Gasteiger partial charge in [-0.3, -0.25) is 16.7 Å². The van der Waals surface area contributed by atoms with Gasteiger partial charge in [0.2, 0.25) is 0 Å². The third kappa shape index (κ3) is 20.0. The van der Waals surface area contributed by atoms with Gasteiger partial charge in [0, 0.05) is 0 Å². The maximum Gasteiger partial charge on any atom is 0.297 e. The average molecular weight is 933 g/mol. The lowest BCUT2D eigenvalue weighted by molar-refractivity contribution is 0.0105. The molecule has 8 atom stereocenters. The Balaban J connectivity index is 0.000000404. The van der Waals surface area contributed by atoms with Crippen LogP contribution in [-0.2, 0) is 57.2 Å². The predicted molar refractivity (Wildman–Crippen MR) is 228 cm³/mol. The number of hydrogen-bond donors (Lipinski definition) is 4. The molecule has 0 amide bonds. The number of aryl methyl sites for hydroxylation is 2. The summed E-state index contributed by atoms with van der Waals surface area (Å²) < 4.78 is 110. The van der Waals surface area contributed by atoms with Crippen LogP contribution in [0.3, 0.4) is 0 Å². The molecule has 0 bridgehead atoms. The zero-order chi connectivity index (χ0) is 43.3. The Morgan fingerprint density at radius 2 is 0.633 bits per heavy atom. The van der Waals surface area contributed by atoms with Gasteiger partial charge in [-0.15, -0.1) is 0 Å². The van der Waals surface area contributed by atoms with Gasteiger partial charge in [0.25, 0.3) is 40.5 Å². The van der Waals surface area contributed by atoms with Crippen LogP contribution in [0.4, 0.5) is 0 Å². The highest BCUT2D eigenvalue weighted by Gasteiger charge is 2.32. The van der Waals surface area contributed by atoms with E-state index in [2.05, 4.69) is 4.18 Å². The molecule has 4 aliphatic rings. The number of aliphatic hydroxyl groups excluding tert-OH is 4. The molecule has 20 heteroatoms. The SMILES string of the molecule is C.C.CS(=O)(=O)OC1CCCC1O.CS(=O)(=O)OC1CCCCC1O.Cc1ccc(S(=O)(=O)OC2CCCC2O)cc1.Cc1ccc(S(=O)(=O)OC2CCCCC2O)cc1. The van der Waals surface area contributed by atoms with Gasteiger partial charge < -0.3 is 20.4 Å². The van der Waals surface area contributed by atoms with Crippen LogP contribution in [0.15, 0.2) is 58.3 Å². The fourth-order valence-electron chi connectivity index (χ4n) is 6.71. The third-order valence-corrected chi connectivity index (χ3v) is 13.8. The van der Waals surface area contributed by atoms with E-state index in [1.165, 1.54) is 24.3 Å². The Morgan fingerprint density at radius 1 is 0.400 bits per heavy atom. The minimum absolute atomic E-state index is 0. The summed E-state index contributed by atoms with van der Waals surface area (Å²) in [6.45, 7) is 3.78. The molecule has 4 aliphatic carbocycles. The zero-order valence-corrected chi connectivity index (χ0v) is 36.7. The Kier molecular flexibility index (Phi) is 23.6. The lowest BCUT2D eigenvalue weighted by Crippen LogP contribution is -2.34. The van der Waals surface area contributed by atoms with E-state index in [1.807, 2.05) is 13.8 Å². The molecule has 0 radical (unpaired) electrons. The van der Waals surface area contributed by atoms with Crippen LogP contribution in [-0.4, -0.2) is 115 Å². The summed E-state index contributed by atoms with van der Waals surface area (Å²) in [5.74, 6) is 0. The summed E-state index contributed by atoms with van der Waals surface area (Å²) in [6, 6.07) is 13.0. The number of hydrogen-bond acceptors (Lipinski definition) is 16. The normalized spacial score (nSPS) is 26.9. The highest BCUT2D eigenvalue weighted by molar-refractivity contribution is 7.87. The van der Waals surface area contributed by atoms with Gasteiger partial charge in [-0.2, -0.15) is 33.7 Å². The first-order valence-corrected chi connectivity index (χ1v) is 25.9. The second-order valence-corrected chi connectivity index (χ2v) is 21.5. The van der Waals surface area contributed by atoms with Crippen LogP contribution < -0.4 is 0 Å². The number of rotatable bonds is 10. The van der Waals surface area contributed by atoms with Gasteiger partial charge in [0.15, 0.2) is 0 Å². The lowest BCUT2D eigenvalue weighted by atomic mass is 9.95. The molecule has 0 heterocycles. The summed E-state index contributed by atoms with van der Waals surface area (Å²) in [7, 11) is -14.3.